The Labute approximate surface area is 219 Å². The van der Waals surface area contributed by atoms with Crippen LogP contribution >= 0.6 is 23.1 Å². The summed E-state index contributed by atoms with van der Waals surface area (Å²) < 4.78 is 28.0. The first kappa shape index (κ1) is 24.9. The van der Waals surface area contributed by atoms with E-state index in [0.717, 1.165) is 29.4 Å². The lowest BCUT2D eigenvalue weighted by Gasteiger charge is -2.25. The summed E-state index contributed by atoms with van der Waals surface area (Å²) in [6.07, 6.45) is 2.83. The van der Waals surface area contributed by atoms with E-state index in [-0.39, 0.29) is 17.2 Å². The Bertz CT molecular complexity index is 1460. The lowest BCUT2D eigenvalue weighted by molar-refractivity contribution is 0.101. The summed E-state index contributed by atoms with van der Waals surface area (Å²) in [6, 6.07) is 20.8. The zero-order chi connectivity index (χ0) is 25.0. The summed E-state index contributed by atoms with van der Waals surface area (Å²) in [5, 5.41) is 14.5. The van der Waals surface area contributed by atoms with Gasteiger partial charge < -0.3 is 5.32 Å². The number of benzene rings is 3. The van der Waals surface area contributed by atoms with Gasteiger partial charge in [0.25, 0.3) is 0 Å². The Morgan fingerprint density at radius 1 is 0.944 bits per heavy atom. The van der Waals surface area contributed by atoms with E-state index >= 15 is 0 Å². The number of piperidine rings is 1. The van der Waals surface area contributed by atoms with Crippen LogP contribution in [0.5, 0.6) is 0 Å². The van der Waals surface area contributed by atoms with Crippen molar-refractivity contribution in [2.45, 2.75) is 34.3 Å². The van der Waals surface area contributed by atoms with E-state index in [0.29, 0.717) is 23.8 Å². The molecule has 7 nitrogen and oxygen atoms in total. The summed E-state index contributed by atoms with van der Waals surface area (Å²) in [5.41, 5.74) is 1.69. The maximum Gasteiger partial charge on any atom is 0.243 e. The number of sulfonamides is 1. The van der Waals surface area contributed by atoms with E-state index in [4.69, 9.17) is 0 Å². The van der Waals surface area contributed by atoms with Gasteiger partial charge in [-0.15, -0.1) is 10.2 Å². The first-order chi connectivity index (χ1) is 17.5. The van der Waals surface area contributed by atoms with Crippen LogP contribution in [0.4, 0.5) is 5.13 Å². The van der Waals surface area contributed by atoms with Gasteiger partial charge in [0.1, 0.15) is 0 Å². The van der Waals surface area contributed by atoms with Crippen LogP contribution in [-0.2, 0) is 15.8 Å². The predicted octanol–water partition coefficient (Wildman–Crippen LogP) is 5.45. The van der Waals surface area contributed by atoms with Gasteiger partial charge in [0.05, 0.1) is 11.4 Å². The molecule has 1 saturated heterocycles. The summed E-state index contributed by atoms with van der Waals surface area (Å²) in [7, 11) is -3.51. The quantitative estimate of drug-likeness (QED) is 0.224. The average Bonchev–Trinajstić information content (AvgIpc) is 3.39. The number of hydrogen-bond donors (Lipinski definition) is 1. The molecule has 3 aromatic carbocycles. The van der Waals surface area contributed by atoms with Crippen molar-refractivity contribution in [2.24, 2.45) is 0 Å². The average molecular weight is 539 g/mol. The van der Waals surface area contributed by atoms with Crippen LogP contribution in [0.15, 0.2) is 76.0 Å². The monoisotopic (exact) mass is 538 g/mol. The highest BCUT2D eigenvalue weighted by molar-refractivity contribution is 8.00. The van der Waals surface area contributed by atoms with Crippen LogP contribution in [0.25, 0.3) is 10.8 Å². The number of nitrogens with zero attached hydrogens (tertiary/aromatic N) is 3. The number of aromatic nitrogens is 2. The molecule has 36 heavy (non-hydrogen) atoms. The molecule has 0 aliphatic carbocycles. The molecule has 0 saturated carbocycles. The molecule has 1 aromatic heterocycles. The number of anilines is 1. The zero-order valence-electron chi connectivity index (χ0n) is 19.6. The number of rotatable bonds is 9. The molecule has 4 aromatic rings. The third-order valence-corrected chi connectivity index (χ3v) is 10.1. The van der Waals surface area contributed by atoms with Crippen LogP contribution in [0.3, 0.4) is 0 Å². The second-order valence-electron chi connectivity index (χ2n) is 8.57. The molecular weight excluding hydrogens is 513 g/mol. The van der Waals surface area contributed by atoms with Crippen molar-refractivity contribution in [1.29, 1.82) is 0 Å². The van der Waals surface area contributed by atoms with Gasteiger partial charge in [0, 0.05) is 24.4 Å². The van der Waals surface area contributed by atoms with Gasteiger partial charge in [0.15, 0.2) is 10.1 Å². The summed E-state index contributed by atoms with van der Waals surface area (Å²) in [4.78, 5) is 12.9. The Morgan fingerprint density at radius 2 is 1.69 bits per heavy atom. The summed E-state index contributed by atoms with van der Waals surface area (Å²) >= 11 is 3.02. The maximum atomic E-state index is 12.8. The van der Waals surface area contributed by atoms with Gasteiger partial charge in [-0.05, 0) is 53.4 Å². The minimum atomic E-state index is -3.51. The van der Waals surface area contributed by atoms with E-state index < -0.39 is 10.0 Å². The highest BCUT2D eigenvalue weighted by Crippen LogP contribution is 2.31. The van der Waals surface area contributed by atoms with Gasteiger partial charge >= 0.3 is 0 Å². The molecule has 1 N–H and O–H groups in total. The standard InChI is InChI=1S/C26H26N4O3S3/c31-24(20-11-13-22(14-12-20)36(32,33)30-15-4-1-5-16-30)17-27-25-28-29-26(35-25)34-18-21-9-6-8-19-7-2-3-10-23(19)21/h2-3,6-14H,1,4-5,15-18H2,(H,27,28). The Hall–Kier alpha value is -2.79. The molecule has 0 amide bonds. The van der Waals surface area contributed by atoms with Crippen molar-refractivity contribution in [3.63, 3.8) is 0 Å². The topological polar surface area (TPSA) is 92.3 Å². The third-order valence-electron chi connectivity index (χ3n) is 6.17. The van der Waals surface area contributed by atoms with E-state index in [1.165, 1.54) is 44.1 Å². The molecule has 10 heteroatoms. The maximum absolute atomic E-state index is 12.8. The lowest BCUT2D eigenvalue weighted by atomic mass is 10.1. The molecule has 2 heterocycles. The van der Waals surface area contributed by atoms with Gasteiger partial charge in [-0.1, -0.05) is 72.0 Å². The van der Waals surface area contributed by atoms with Crippen molar-refractivity contribution in [3.8, 4) is 0 Å². The number of hydrogen-bond acceptors (Lipinski definition) is 8. The molecule has 1 aliphatic heterocycles. The molecule has 0 atom stereocenters. The lowest BCUT2D eigenvalue weighted by Crippen LogP contribution is -2.35. The van der Waals surface area contributed by atoms with Gasteiger partial charge in [-0.25, -0.2) is 8.42 Å². The smallest absolute Gasteiger partial charge is 0.243 e. The number of thioether (sulfide) groups is 1. The first-order valence-electron chi connectivity index (χ1n) is 11.8. The second-order valence-corrected chi connectivity index (χ2v) is 12.7. The van der Waals surface area contributed by atoms with Crippen LogP contribution in [0.2, 0.25) is 0 Å². The second kappa shape index (κ2) is 11.1. The van der Waals surface area contributed by atoms with Gasteiger partial charge in [-0.3, -0.25) is 4.79 Å². The Balaban J connectivity index is 1.16. The fraction of sp³-hybridized carbons (Fsp3) is 0.269. The molecule has 5 rings (SSSR count). The number of nitrogens with one attached hydrogen (secondary N) is 1. The molecule has 0 bridgehead atoms. The van der Waals surface area contributed by atoms with Gasteiger partial charge in [0.2, 0.25) is 15.2 Å². The van der Waals surface area contributed by atoms with Crippen LogP contribution in [0, 0.1) is 0 Å². The molecule has 0 unspecified atom stereocenters. The molecule has 0 radical (unpaired) electrons. The number of ketones is 1. The van der Waals surface area contributed by atoms with Crippen LogP contribution in [-0.4, -0.2) is 48.3 Å². The van der Waals surface area contributed by atoms with E-state index in [1.807, 2.05) is 12.1 Å². The van der Waals surface area contributed by atoms with Crippen molar-refractivity contribution < 1.29 is 13.2 Å². The van der Waals surface area contributed by atoms with Crippen LogP contribution < -0.4 is 5.32 Å². The number of Topliss-reactive ketones (excluding diaryl/α,β-unsaturated/α-hetero) is 1. The minimum Gasteiger partial charge on any atom is -0.353 e. The van der Waals surface area contributed by atoms with Crippen molar-refractivity contribution in [3.05, 3.63) is 77.9 Å². The molecule has 1 fully saturated rings. The first-order valence-corrected chi connectivity index (χ1v) is 15.1. The normalized spacial score (nSPS) is 14.7. The van der Waals surface area contributed by atoms with E-state index in [1.54, 1.807) is 23.9 Å². The number of carbonyl (C=O) groups excluding carboxylic acids is 1. The predicted molar refractivity (Wildman–Crippen MR) is 145 cm³/mol. The minimum absolute atomic E-state index is 0.0564. The highest BCUT2D eigenvalue weighted by atomic mass is 32.2. The zero-order valence-corrected chi connectivity index (χ0v) is 22.0. The number of carbonyl (C=O) groups is 1. The third kappa shape index (κ3) is 5.62. The Kier molecular flexibility index (Phi) is 7.66. The van der Waals surface area contributed by atoms with Crippen LogP contribution in [0.1, 0.15) is 35.2 Å². The largest absolute Gasteiger partial charge is 0.353 e. The molecule has 1 aliphatic rings. The van der Waals surface area contributed by atoms with Crippen molar-refractivity contribution in [2.75, 3.05) is 25.0 Å². The number of fused-ring (bicyclic) bond motifs is 1. The SMILES string of the molecule is O=C(CNc1nnc(SCc2cccc3ccccc23)s1)c1ccc(S(=O)(=O)N2CCCCC2)cc1. The molecule has 0 spiro atoms. The summed E-state index contributed by atoms with van der Waals surface area (Å²) in [6.45, 7) is 1.16. The van der Waals surface area contributed by atoms with Crippen molar-refractivity contribution in [1.82, 2.24) is 14.5 Å². The molecule has 186 valence electrons. The summed E-state index contributed by atoms with van der Waals surface area (Å²) in [5.74, 6) is 0.638. The van der Waals surface area contributed by atoms with E-state index in [9.17, 15) is 13.2 Å². The molecular formula is C26H26N4O3S3. The fourth-order valence-electron chi connectivity index (χ4n) is 4.22. The van der Waals surface area contributed by atoms with Gasteiger partial charge in [-0.2, -0.15) is 4.31 Å². The Morgan fingerprint density at radius 3 is 2.50 bits per heavy atom. The van der Waals surface area contributed by atoms with E-state index in [2.05, 4.69) is 45.8 Å². The fourth-order valence-corrected chi connectivity index (χ4v) is 7.49. The highest BCUT2D eigenvalue weighted by Gasteiger charge is 2.26. The van der Waals surface area contributed by atoms with Crippen molar-refractivity contribution >= 4 is 54.8 Å².